The van der Waals surface area contributed by atoms with Crippen LogP contribution in [0.15, 0.2) is 76.7 Å². The predicted octanol–water partition coefficient (Wildman–Crippen LogP) is 4.73. The van der Waals surface area contributed by atoms with Crippen LogP contribution in [0.2, 0.25) is 0 Å². The van der Waals surface area contributed by atoms with Gasteiger partial charge in [0.2, 0.25) is 16.6 Å². The quantitative estimate of drug-likeness (QED) is 0.372. The average molecular weight is 476 g/mol. The number of aromatic nitrogens is 1. The van der Waals surface area contributed by atoms with Crippen LogP contribution in [-0.4, -0.2) is 32.6 Å². The summed E-state index contributed by atoms with van der Waals surface area (Å²) in [6.07, 6.45) is 1.31. The lowest BCUT2D eigenvalue weighted by atomic mass is 10.0. The number of pyridine rings is 1. The summed E-state index contributed by atoms with van der Waals surface area (Å²) in [4.78, 5) is 17.8. The summed E-state index contributed by atoms with van der Waals surface area (Å²) in [5, 5.41) is 0.288. The first kappa shape index (κ1) is 21.9. The summed E-state index contributed by atoms with van der Waals surface area (Å²) in [5.41, 5.74) is 1.73. The smallest absolute Gasteiger partial charge is 0.231 e. The number of hydrogen-bond donors (Lipinski definition) is 0. The van der Waals surface area contributed by atoms with Crippen LogP contribution in [0.1, 0.15) is 28.4 Å². The Balaban J connectivity index is 1.75. The minimum atomic E-state index is -4.12. The van der Waals surface area contributed by atoms with Crippen molar-refractivity contribution in [2.75, 3.05) is 13.4 Å². The summed E-state index contributed by atoms with van der Waals surface area (Å²) in [6, 6.07) is 16.3. The molecular weight excluding hydrogens is 454 g/mol. The number of sulfone groups is 1. The number of rotatable bonds is 6. The molecule has 1 aliphatic rings. The molecule has 7 nitrogen and oxygen atoms in total. The molecule has 0 saturated carbocycles. The van der Waals surface area contributed by atoms with Crippen molar-refractivity contribution >= 4 is 26.5 Å². The molecule has 0 N–H and O–H groups in total. The van der Waals surface area contributed by atoms with Gasteiger partial charge in [-0.2, -0.15) is 0 Å². The monoisotopic (exact) mass is 475 g/mol. The van der Waals surface area contributed by atoms with Gasteiger partial charge in [0.05, 0.1) is 27.5 Å². The molecule has 5 rings (SSSR count). The molecule has 34 heavy (non-hydrogen) atoms. The minimum Gasteiger partial charge on any atom is -0.494 e. The van der Waals surface area contributed by atoms with Crippen LogP contribution in [0.5, 0.6) is 17.2 Å². The molecule has 0 amide bonds. The van der Waals surface area contributed by atoms with Crippen LogP contribution >= 0.6 is 0 Å². The molecule has 3 aromatic carbocycles. The van der Waals surface area contributed by atoms with Crippen molar-refractivity contribution in [3.63, 3.8) is 0 Å². The summed E-state index contributed by atoms with van der Waals surface area (Å²) in [6.45, 7) is 4.25. The van der Waals surface area contributed by atoms with E-state index in [0.717, 1.165) is 5.56 Å². The number of fused-ring (bicyclic) bond motifs is 2. The molecule has 0 fully saturated rings. The van der Waals surface area contributed by atoms with Gasteiger partial charge in [0, 0.05) is 23.2 Å². The first-order chi connectivity index (χ1) is 16.4. The zero-order valence-corrected chi connectivity index (χ0v) is 19.4. The Bertz CT molecular complexity index is 1510. The van der Waals surface area contributed by atoms with Crippen LogP contribution < -0.4 is 14.2 Å². The zero-order chi connectivity index (χ0) is 23.9. The lowest BCUT2D eigenvalue weighted by Crippen LogP contribution is -2.13. The van der Waals surface area contributed by atoms with Crippen LogP contribution in [-0.2, 0) is 9.84 Å². The van der Waals surface area contributed by atoms with E-state index in [9.17, 15) is 13.2 Å². The second kappa shape index (κ2) is 8.46. The van der Waals surface area contributed by atoms with Gasteiger partial charge in [0.25, 0.3) is 0 Å². The maximum Gasteiger partial charge on any atom is 0.231 e. The number of nitrogens with zero attached hydrogens (tertiary/aromatic N) is 1. The maximum atomic E-state index is 13.9. The van der Waals surface area contributed by atoms with Crippen molar-refractivity contribution in [3.8, 4) is 17.2 Å². The van der Waals surface area contributed by atoms with E-state index in [4.69, 9.17) is 14.2 Å². The van der Waals surface area contributed by atoms with Gasteiger partial charge in [0.15, 0.2) is 17.3 Å². The molecule has 0 unspecified atom stereocenters. The highest BCUT2D eigenvalue weighted by Crippen LogP contribution is 2.40. The van der Waals surface area contributed by atoms with E-state index in [1.165, 1.54) is 18.3 Å². The number of ether oxygens (including phenoxy) is 3. The van der Waals surface area contributed by atoms with Gasteiger partial charge < -0.3 is 14.2 Å². The molecule has 172 valence electrons. The maximum absolute atomic E-state index is 13.9. The molecule has 4 aromatic rings. The lowest BCUT2D eigenvalue weighted by molar-refractivity contribution is 0.103. The molecular formula is C26H21NO6S. The number of carbonyl (C=O) groups is 1. The summed E-state index contributed by atoms with van der Waals surface area (Å²) >= 11 is 0. The first-order valence-electron chi connectivity index (χ1n) is 10.7. The topological polar surface area (TPSA) is 91.8 Å². The van der Waals surface area contributed by atoms with E-state index in [0.29, 0.717) is 34.9 Å². The van der Waals surface area contributed by atoms with Crippen molar-refractivity contribution in [3.05, 3.63) is 83.6 Å². The molecule has 0 spiro atoms. The van der Waals surface area contributed by atoms with Gasteiger partial charge in [-0.25, -0.2) is 8.42 Å². The number of aryl methyl sites for hydroxylation is 1. The molecule has 8 heteroatoms. The zero-order valence-electron chi connectivity index (χ0n) is 18.6. The van der Waals surface area contributed by atoms with Crippen LogP contribution in [0.3, 0.4) is 0 Å². The van der Waals surface area contributed by atoms with Crippen molar-refractivity contribution in [1.82, 2.24) is 4.98 Å². The standard InChI is InChI=1S/C26H21NO6S/c1-3-31-18-8-10-19(11-9-18)34(29,30)26-20-12-23-24(33-15-32-23)13-22(20)27-14-21(26)25(28)17-6-4-16(2)5-7-17/h4-14H,3,15H2,1-2H3. The lowest BCUT2D eigenvalue weighted by Gasteiger charge is -2.14. The third kappa shape index (κ3) is 3.76. The molecule has 0 aliphatic carbocycles. The molecule has 0 atom stereocenters. The highest BCUT2D eigenvalue weighted by molar-refractivity contribution is 7.91. The average Bonchev–Trinajstić information content (AvgIpc) is 3.30. The Hall–Kier alpha value is -3.91. The summed E-state index contributed by atoms with van der Waals surface area (Å²) < 4.78 is 44.2. The molecule has 2 heterocycles. The van der Waals surface area contributed by atoms with E-state index < -0.39 is 15.6 Å². The second-order valence-electron chi connectivity index (χ2n) is 7.83. The number of carbonyl (C=O) groups excluding carboxylic acids is 1. The van der Waals surface area contributed by atoms with Crippen LogP contribution in [0, 0.1) is 6.92 Å². The predicted molar refractivity (Wildman–Crippen MR) is 126 cm³/mol. The van der Waals surface area contributed by atoms with Crippen molar-refractivity contribution in [1.29, 1.82) is 0 Å². The first-order valence-corrected chi connectivity index (χ1v) is 12.2. The van der Waals surface area contributed by atoms with Gasteiger partial charge in [-0.05, 0) is 44.2 Å². The van der Waals surface area contributed by atoms with E-state index in [1.54, 1.807) is 48.5 Å². The Morgan fingerprint density at radius 3 is 2.35 bits per heavy atom. The third-order valence-electron chi connectivity index (χ3n) is 5.59. The van der Waals surface area contributed by atoms with Crippen LogP contribution in [0.4, 0.5) is 0 Å². The van der Waals surface area contributed by atoms with E-state index in [1.807, 2.05) is 13.8 Å². The van der Waals surface area contributed by atoms with E-state index in [2.05, 4.69) is 4.98 Å². The van der Waals surface area contributed by atoms with Gasteiger partial charge >= 0.3 is 0 Å². The second-order valence-corrected chi connectivity index (χ2v) is 9.71. The fourth-order valence-corrected chi connectivity index (χ4v) is 5.49. The molecule has 0 bridgehead atoms. The highest BCUT2D eigenvalue weighted by atomic mass is 32.2. The van der Waals surface area contributed by atoms with Gasteiger partial charge in [0.1, 0.15) is 5.75 Å². The fraction of sp³-hybridized carbons (Fsp3) is 0.154. The molecule has 0 radical (unpaired) electrons. The van der Waals surface area contributed by atoms with Crippen molar-refractivity contribution in [2.24, 2.45) is 0 Å². The Morgan fingerprint density at radius 1 is 1.00 bits per heavy atom. The van der Waals surface area contributed by atoms with Gasteiger partial charge in [-0.15, -0.1) is 0 Å². The van der Waals surface area contributed by atoms with E-state index in [-0.39, 0.29) is 27.5 Å². The van der Waals surface area contributed by atoms with Crippen molar-refractivity contribution in [2.45, 2.75) is 23.6 Å². The molecule has 0 saturated heterocycles. The Kier molecular flexibility index (Phi) is 5.45. The minimum absolute atomic E-state index is 0.0101. The normalized spacial score (nSPS) is 12.6. The van der Waals surface area contributed by atoms with Crippen LogP contribution in [0.25, 0.3) is 10.9 Å². The van der Waals surface area contributed by atoms with Gasteiger partial charge in [-0.1, -0.05) is 29.8 Å². The molecule has 1 aromatic heterocycles. The highest BCUT2D eigenvalue weighted by Gasteiger charge is 2.30. The molecule has 1 aliphatic heterocycles. The van der Waals surface area contributed by atoms with Gasteiger partial charge in [-0.3, -0.25) is 9.78 Å². The number of ketones is 1. The fourth-order valence-electron chi connectivity index (χ4n) is 3.87. The Morgan fingerprint density at radius 2 is 1.68 bits per heavy atom. The van der Waals surface area contributed by atoms with E-state index >= 15 is 0 Å². The largest absolute Gasteiger partial charge is 0.494 e. The number of hydrogen-bond acceptors (Lipinski definition) is 7. The third-order valence-corrected chi connectivity index (χ3v) is 7.46. The SMILES string of the molecule is CCOc1ccc(S(=O)(=O)c2c(C(=O)c3ccc(C)cc3)cnc3cc4c(cc23)OCO4)cc1. The Labute approximate surface area is 196 Å². The summed E-state index contributed by atoms with van der Waals surface area (Å²) in [5.74, 6) is 0.997. The number of benzene rings is 3. The summed E-state index contributed by atoms with van der Waals surface area (Å²) in [7, 11) is -4.12. The van der Waals surface area contributed by atoms with Crippen molar-refractivity contribution < 1.29 is 27.4 Å².